The fourth-order valence-electron chi connectivity index (χ4n) is 1.73. The molecule has 1 saturated heterocycles. The molecule has 3 nitrogen and oxygen atoms in total. The maximum atomic E-state index is 11.2. The van der Waals surface area contributed by atoms with Crippen LogP contribution in [-0.4, -0.2) is 31.6 Å². The van der Waals surface area contributed by atoms with Gasteiger partial charge in [0.05, 0.1) is 11.5 Å². The van der Waals surface area contributed by atoms with Gasteiger partial charge in [0.25, 0.3) is 0 Å². The lowest BCUT2D eigenvalue weighted by Gasteiger charge is -2.21. The highest BCUT2D eigenvalue weighted by Gasteiger charge is 2.23. The lowest BCUT2D eigenvalue weighted by atomic mass is 10.00. The lowest BCUT2D eigenvalue weighted by Crippen LogP contribution is -2.25. The summed E-state index contributed by atoms with van der Waals surface area (Å²) < 4.78 is 22.3. The number of aliphatic hydroxyl groups excluding tert-OH is 1. The number of hydrogen-bond acceptors (Lipinski definition) is 3. The molecule has 1 unspecified atom stereocenters. The summed E-state index contributed by atoms with van der Waals surface area (Å²) in [4.78, 5) is 0. The first kappa shape index (κ1) is 9.99. The van der Waals surface area contributed by atoms with Gasteiger partial charge >= 0.3 is 0 Å². The van der Waals surface area contributed by atoms with Gasteiger partial charge in [0, 0.05) is 6.61 Å². The second kappa shape index (κ2) is 4.23. The normalized spacial score (nSPS) is 28.6. The molecule has 0 bridgehead atoms. The second-order valence-corrected chi connectivity index (χ2v) is 5.72. The molecule has 0 spiro atoms. The Bertz CT molecular complexity index is 220. The average Bonchev–Trinajstić information content (AvgIpc) is 1.99. The molecule has 1 aliphatic rings. The van der Waals surface area contributed by atoms with Gasteiger partial charge in [-0.1, -0.05) is 0 Å². The molecule has 1 N–H and O–H groups in total. The van der Waals surface area contributed by atoms with Gasteiger partial charge in [0.15, 0.2) is 9.84 Å². The third-order valence-corrected chi connectivity index (χ3v) is 4.22. The Kier molecular flexibility index (Phi) is 3.53. The van der Waals surface area contributed by atoms with E-state index in [1.807, 2.05) is 0 Å². The molecule has 1 fully saturated rings. The van der Waals surface area contributed by atoms with Gasteiger partial charge in [-0.05, 0) is 31.6 Å². The molecule has 12 heavy (non-hydrogen) atoms. The molecule has 4 heteroatoms. The van der Waals surface area contributed by atoms with E-state index in [9.17, 15) is 8.42 Å². The van der Waals surface area contributed by atoms with Crippen molar-refractivity contribution in [2.75, 3.05) is 18.1 Å². The molecule has 0 aromatic carbocycles. The van der Waals surface area contributed by atoms with Crippen LogP contribution in [0.2, 0.25) is 0 Å². The van der Waals surface area contributed by atoms with Crippen molar-refractivity contribution in [1.29, 1.82) is 0 Å². The molecule has 72 valence electrons. The first-order valence-corrected chi connectivity index (χ1v) is 6.27. The summed E-state index contributed by atoms with van der Waals surface area (Å²) >= 11 is 0. The molecule has 0 amide bonds. The van der Waals surface area contributed by atoms with Crippen molar-refractivity contribution in [2.45, 2.75) is 25.7 Å². The predicted octanol–water partition coefficient (Wildman–Crippen LogP) is 0.584. The minimum absolute atomic E-state index is 0.177. The van der Waals surface area contributed by atoms with E-state index >= 15 is 0 Å². The van der Waals surface area contributed by atoms with Crippen molar-refractivity contribution in [3.8, 4) is 0 Å². The minimum Gasteiger partial charge on any atom is -0.396 e. The predicted molar refractivity (Wildman–Crippen MR) is 47.7 cm³/mol. The van der Waals surface area contributed by atoms with Crippen LogP contribution < -0.4 is 0 Å². The minimum atomic E-state index is -2.74. The van der Waals surface area contributed by atoms with Gasteiger partial charge in [-0.15, -0.1) is 0 Å². The highest BCUT2D eigenvalue weighted by atomic mass is 32.2. The molecule has 0 aliphatic carbocycles. The quantitative estimate of drug-likeness (QED) is 0.711. The SMILES string of the molecule is O=S1(=O)CCCC(CCCO)C1. The Morgan fingerprint density at radius 2 is 2.17 bits per heavy atom. The van der Waals surface area contributed by atoms with Crippen LogP contribution >= 0.6 is 0 Å². The van der Waals surface area contributed by atoms with E-state index < -0.39 is 9.84 Å². The largest absolute Gasteiger partial charge is 0.396 e. The van der Waals surface area contributed by atoms with E-state index in [1.54, 1.807) is 0 Å². The van der Waals surface area contributed by atoms with Crippen molar-refractivity contribution in [1.82, 2.24) is 0 Å². The Morgan fingerprint density at radius 1 is 1.42 bits per heavy atom. The zero-order chi connectivity index (χ0) is 9.03. The van der Waals surface area contributed by atoms with E-state index in [-0.39, 0.29) is 6.61 Å². The highest BCUT2D eigenvalue weighted by molar-refractivity contribution is 7.91. The van der Waals surface area contributed by atoms with E-state index in [0.29, 0.717) is 17.4 Å². The molecule has 1 rings (SSSR count). The zero-order valence-electron chi connectivity index (χ0n) is 7.20. The Labute approximate surface area is 73.7 Å². The van der Waals surface area contributed by atoms with E-state index in [4.69, 9.17) is 5.11 Å². The Morgan fingerprint density at radius 3 is 2.75 bits per heavy atom. The van der Waals surface area contributed by atoms with Gasteiger partial charge < -0.3 is 5.11 Å². The van der Waals surface area contributed by atoms with Crippen molar-refractivity contribution in [3.05, 3.63) is 0 Å². The highest BCUT2D eigenvalue weighted by Crippen LogP contribution is 2.22. The Hall–Kier alpha value is -0.0900. The van der Waals surface area contributed by atoms with Crippen LogP contribution in [0.5, 0.6) is 0 Å². The Balaban J connectivity index is 2.36. The van der Waals surface area contributed by atoms with Crippen molar-refractivity contribution >= 4 is 9.84 Å². The van der Waals surface area contributed by atoms with Crippen molar-refractivity contribution in [2.24, 2.45) is 5.92 Å². The average molecular weight is 192 g/mol. The zero-order valence-corrected chi connectivity index (χ0v) is 8.02. The number of aliphatic hydroxyl groups is 1. The standard InChI is InChI=1S/C8H16O3S/c9-5-1-3-8-4-2-6-12(10,11)7-8/h8-9H,1-7H2. The van der Waals surface area contributed by atoms with Gasteiger partial charge in [-0.2, -0.15) is 0 Å². The summed E-state index contributed by atoms with van der Waals surface area (Å²) in [5.41, 5.74) is 0. The molecular formula is C8H16O3S. The van der Waals surface area contributed by atoms with E-state index in [2.05, 4.69) is 0 Å². The fourth-order valence-corrected chi connectivity index (χ4v) is 3.55. The molecular weight excluding hydrogens is 176 g/mol. The summed E-state index contributed by atoms with van der Waals surface area (Å²) in [7, 11) is -2.74. The number of rotatable bonds is 3. The van der Waals surface area contributed by atoms with Gasteiger partial charge in [0.1, 0.15) is 0 Å². The van der Waals surface area contributed by atoms with Crippen LogP contribution in [-0.2, 0) is 9.84 Å². The smallest absolute Gasteiger partial charge is 0.150 e. The van der Waals surface area contributed by atoms with Crippen molar-refractivity contribution in [3.63, 3.8) is 0 Å². The summed E-state index contributed by atoms with van der Waals surface area (Å²) in [5, 5.41) is 8.58. The molecule has 0 saturated carbocycles. The number of sulfone groups is 1. The molecule has 0 radical (unpaired) electrons. The first-order valence-electron chi connectivity index (χ1n) is 4.45. The molecule has 1 aliphatic heterocycles. The van der Waals surface area contributed by atoms with Gasteiger partial charge in [0.2, 0.25) is 0 Å². The van der Waals surface area contributed by atoms with Gasteiger partial charge in [-0.25, -0.2) is 8.42 Å². The van der Waals surface area contributed by atoms with Crippen molar-refractivity contribution < 1.29 is 13.5 Å². The summed E-state index contributed by atoms with van der Waals surface area (Å²) in [5.74, 6) is 1.01. The first-order chi connectivity index (χ1) is 5.64. The van der Waals surface area contributed by atoms with Gasteiger partial charge in [-0.3, -0.25) is 0 Å². The van der Waals surface area contributed by atoms with Crippen LogP contribution in [0.3, 0.4) is 0 Å². The molecule has 1 heterocycles. The van der Waals surface area contributed by atoms with Crippen LogP contribution in [0.4, 0.5) is 0 Å². The molecule has 0 aromatic rings. The molecule has 0 aromatic heterocycles. The topological polar surface area (TPSA) is 54.4 Å². The van der Waals surface area contributed by atoms with Crippen LogP contribution in [0.15, 0.2) is 0 Å². The lowest BCUT2D eigenvalue weighted by molar-refractivity contribution is 0.271. The van der Waals surface area contributed by atoms with Crippen LogP contribution in [0, 0.1) is 5.92 Å². The third-order valence-electron chi connectivity index (χ3n) is 2.33. The van der Waals surface area contributed by atoms with Crippen LogP contribution in [0.25, 0.3) is 0 Å². The maximum Gasteiger partial charge on any atom is 0.150 e. The fraction of sp³-hybridized carbons (Fsp3) is 1.00. The number of hydrogen-bond donors (Lipinski definition) is 1. The summed E-state index contributed by atoms with van der Waals surface area (Å²) in [6.07, 6.45) is 3.41. The van der Waals surface area contributed by atoms with Crippen LogP contribution in [0.1, 0.15) is 25.7 Å². The summed E-state index contributed by atoms with van der Waals surface area (Å²) in [6, 6.07) is 0. The summed E-state index contributed by atoms with van der Waals surface area (Å²) in [6.45, 7) is 0.177. The monoisotopic (exact) mass is 192 g/mol. The molecule has 1 atom stereocenters. The van der Waals surface area contributed by atoms with E-state index in [0.717, 1.165) is 25.7 Å². The maximum absolute atomic E-state index is 11.2. The third kappa shape index (κ3) is 3.11. The van der Waals surface area contributed by atoms with E-state index in [1.165, 1.54) is 0 Å². The second-order valence-electron chi connectivity index (χ2n) is 3.49.